The van der Waals surface area contributed by atoms with Gasteiger partial charge in [-0.25, -0.2) is 12.8 Å². The van der Waals surface area contributed by atoms with Crippen molar-refractivity contribution in [1.29, 1.82) is 0 Å². The van der Waals surface area contributed by atoms with E-state index in [0.29, 0.717) is 26.3 Å². The number of nitrogens with zero attached hydrogens (tertiary/aromatic N) is 2. The van der Waals surface area contributed by atoms with Gasteiger partial charge in [-0.1, -0.05) is 6.07 Å². The first-order valence-corrected chi connectivity index (χ1v) is 9.51. The Bertz CT molecular complexity index is 662. The van der Waals surface area contributed by atoms with Crippen LogP contribution in [0.2, 0.25) is 0 Å². The summed E-state index contributed by atoms with van der Waals surface area (Å²) in [6.07, 6.45) is 0.985. The number of carbonyl (C=O) groups is 1. The number of rotatable bonds is 7. The second-order valence-corrected chi connectivity index (χ2v) is 7.46. The zero-order valence-corrected chi connectivity index (χ0v) is 14.4. The summed E-state index contributed by atoms with van der Waals surface area (Å²) in [5.74, 6) is -0.994. The quantitative estimate of drug-likeness (QED) is 0.744. The van der Waals surface area contributed by atoms with Crippen LogP contribution in [0.1, 0.15) is 0 Å². The molecule has 1 aliphatic heterocycles. The molecular weight excluding hydrogens is 337 g/mol. The first-order valence-electron chi connectivity index (χ1n) is 7.66. The van der Waals surface area contributed by atoms with Crippen molar-refractivity contribution in [2.45, 2.75) is 0 Å². The summed E-state index contributed by atoms with van der Waals surface area (Å²) in [6, 6.07) is 5.15. The zero-order valence-electron chi connectivity index (χ0n) is 13.6. The zero-order chi connectivity index (χ0) is 17.6. The molecule has 134 valence electrons. The van der Waals surface area contributed by atoms with E-state index < -0.39 is 21.7 Å². The second-order valence-electron chi connectivity index (χ2n) is 5.55. The van der Waals surface area contributed by atoms with Crippen LogP contribution in [0.5, 0.6) is 0 Å². The Labute approximate surface area is 141 Å². The van der Waals surface area contributed by atoms with Crippen LogP contribution in [0.4, 0.5) is 10.1 Å². The number of amides is 1. The van der Waals surface area contributed by atoms with Gasteiger partial charge in [-0.05, 0) is 18.2 Å². The number of benzene rings is 1. The minimum absolute atomic E-state index is 0.126. The fourth-order valence-electron chi connectivity index (χ4n) is 2.40. The Hall–Kier alpha value is -1.71. The van der Waals surface area contributed by atoms with E-state index in [2.05, 4.69) is 10.2 Å². The summed E-state index contributed by atoms with van der Waals surface area (Å²) in [4.78, 5) is 14.2. The van der Waals surface area contributed by atoms with Gasteiger partial charge in [0.1, 0.15) is 12.4 Å². The molecule has 1 fully saturated rings. The highest BCUT2D eigenvalue weighted by atomic mass is 32.2. The Morgan fingerprint density at radius 2 is 2.08 bits per heavy atom. The molecule has 1 aromatic carbocycles. The van der Waals surface area contributed by atoms with Crippen molar-refractivity contribution in [3.05, 3.63) is 30.1 Å². The molecule has 0 unspecified atom stereocenters. The second kappa shape index (κ2) is 8.41. The van der Waals surface area contributed by atoms with Crippen molar-refractivity contribution in [2.24, 2.45) is 0 Å². The fourth-order valence-corrected chi connectivity index (χ4v) is 3.24. The molecular formula is C15H22FN3O4S. The van der Waals surface area contributed by atoms with Gasteiger partial charge in [-0.2, -0.15) is 0 Å². The van der Waals surface area contributed by atoms with Crippen LogP contribution >= 0.6 is 0 Å². The molecule has 0 radical (unpaired) electrons. The Kier molecular flexibility index (Phi) is 6.52. The van der Waals surface area contributed by atoms with E-state index in [-0.39, 0.29) is 12.2 Å². The van der Waals surface area contributed by atoms with Crippen LogP contribution in [0.3, 0.4) is 0 Å². The van der Waals surface area contributed by atoms with Crippen molar-refractivity contribution in [1.82, 2.24) is 10.2 Å². The summed E-state index contributed by atoms with van der Waals surface area (Å²) in [5.41, 5.74) is 0.126. The highest BCUT2D eigenvalue weighted by molar-refractivity contribution is 7.92. The van der Waals surface area contributed by atoms with Gasteiger partial charge in [-0.3, -0.25) is 14.0 Å². The number of morpholine rings is 1. The van der Waals surface area contributed by atoms with E-state index in [1.54, 1.807) is 0 Å². The standard InChI is InChI=1S/C15H22FN3O4S/c1-24(21,22)19(14-4-2-3-13(16)11-14)12-15(20)17-5-6-18-7-9-23-10-8-18/h2-4,11H,5-10,12H2,1H3,(H,17,20). The molecule has 1 N–H and O–H groups in total. The van der Waals surface area contributed by atoms with E-state index in [9.17, 15) is 17.6 Å². The Morgan fingerprint density at radius 1 is 1.38 bits per heavy atom. The van der Waals surface area contributed by atoms with E-state index in [0.717, 1.165) is 29.7 Å². The smallest absolute Gasteiger partial charge is 0.240 e. The van der Waals surface area contributed by atoms with Crippen LogP contribution in [0, 0.1) is 5.82 Å². The third-order valence-corrected chi connectivity index (χ3v) is 4.78. The molecule has 0 saturated carbocycles. The Morgan fingerprint density at radius 3 is 2.71 bits per heavy atom. The average molecular weight is 359 g/mol. The summed E-state index contributed by atoms with van der Waals surface area (Å²) in [7, 11) is -3.70. The SMILES string of the molecule is CS(=O)(=O)N(CC(=O)NCCN1CCOCC1)c1cccc(F)c1. The van der Waals surface area contributed by atoms with E-state index in [4.69, 9.17) is 4.74 Å². The third-order valence-electron chi connectivity index (χ3n) is 3.64. The van der Waals surface area contributed by atoms with Gasteiger partial charge in [0, 0.05) is 26.2 Å². The van der Waals surface area contributed by atoms with Gasteiger partial charge < -0.3 is 10.1 Å². The molecule has 0 atom stereocenters. The van der Waals surface area contributed by atoms with E-state index in [1.165, 1.54) is 18.2 Å². The van der Waals surface area contributed by atoms with Crippen molar-refractivity contribution in [3.8, 4) is 0 Å². The number of hydrogen-bond donors (Lipinski definition) is 1. The number of carbonyl (C=O) groups excluding carboxylic acids is 1. The van der Waals surface area contributed by atoms with Gasteiger partial charge in [0.25, 0.3) is 0 Å². The summed E-state index contributed by atoms with van der Waals surface area (Å²) >= 11 is 0. The first-order chi connectivity index (χ1) is 11.4. The van der Waals surface area contributed by atoms with Crippen LogP contribution in [0.25, 0.3) is 0 Å². The number of nitrogens with one attached hydrogen (secondary N) is 1. The molecule has 1 saturated heterocycles. The third kappa shape index (κ3) is 5.73. The molecule has 1 heterocycles. The minimum atomic E-state index is -3.70. The number of sulfonamides is 1. The average Bonchev–Trinajstić information content (AvgIpc) is 2.52. The van der Waals surface area contributed by atoms with Crippen molar-refractivity contribution in [2.75, 3.05) is 56.5 Å². The summed E-state index contributed by atoms with van der Waals surface area (Å²) in [5, 5.41) is 2.70. The lowest BCUT2D eigenvalue weighted by atomic mass is 10.3. The van der Waals surface area contributed by atoms with Gasteiger partial charge in [-0.15, -0.1) is 0 Å². The minimum Gasteiger partial charge on any atom is -0.379 e. The highest BCUT2D eigenvalue weighted by Crippen LogP contribution is 2.18. The molecule has 0 aromatic heterocycles. The maximum Gasteiger partial charge on any atom is 0.240 e. The molecule has 1 amide bonds. The number of ether oxygens (including phenoxy) is 1. The topological polar surface area (TPSA) is 79.0 Å². The summed E-state index contributed by atoms with van der Waals surface area (Å²) in [6.45, 7) is 3.69. The van der Waals surface area contributed by atoms with Gasteiger partial charge in [0.05, 0.1) is 25.2 Å². The van der Waals surface area contributed by atoms with Gasteiger partial charge in [0.2, 0.25) is 15.9 Å². The van der Waals surface area contributed by atoms with Crippen LogP contribution in [-0.2, 0) is 19.6 Å². The summed E-state index contributed by atoms with van der Waals surface area (Å²) < 4.78 is 43.3. The predicted molar refractivity (Wildman–Crippen MR) is 88.9 cm³/mol. The lowest BCUT2D eigenvalue weighted by Gasteiger charge is -2.27. The molecule has 24 heavy (non-hydrogen) atoms. The largest absolute Gasteiger partial charge is 0.379 e. The lowest BCUT2D eigenvalue weighted by molar-refractivity contribution is -0.119. The molecule has 0 aliphatic carbocycles. The molecule has 1 aliphatic rings. The fraction of sp³-hybridized carbons (Fsp3) is 0.533. The highest BCUT2D eigenvalue weighted by Gasteiger charge is 2.21. The van der Waals surface area contributed by atoms with Gasteiger partial charge in [0.15, 0.2) is 0 Å². The molecule has 0 bridgehead atoms. The van der Waals surface area contributed by atoms with Crippen molar-refractivity contribution >= 4 is 21.6 Å². The normalized spacial score (nSPS) is 15.9. The first kappa shape index (κ1) is 18.6. The predicted octanol–water partition coefficient (Wildman–Crippen LogP) is 0.0401. The maximum absolute atomic E-state index is 13.3. The van der Waals surface area contributed by atoms with Crippen molar-refractivity contribution in [3.63, 3.8) is 0 Å². The molecule has 2 rings (SSSR count). The lowest BCUT2D eigenvalue weighted by Crippen LogP contribution is -2.44. The van der Waals surface area contributed by atoms with Crippen LogP contribution < -0.4 is 9.62 Å². The molecule has 0 spiro atoms. The number of halogens is 1. The van der Waals surface area contributed by atoms with E-state index >= 15 is 0 Å². The maximum atomic E-state index is 13.3. The van der Waals surface area contributed by atoms with Crippen molar-refractivity contribution < 1.29 is 22.3 Å². The Balaban J connectivity index is 1.90. The van der Waals surface area contributed by atoms with E-state index in [1.807, 2.05) is 0 Å². The number of anilines is 1. The number of hydrogen-bond acceptors (Lipinski definition) is 5. The van der Waals surface area contributed by atoms with Gasteiger partial charge >= 0.3 is 0 Å². The molecule has 9 heteroatoms. The molecule has 7 nitrogen and oxygen atoms in total. The monoisotopic (exact) mass is 359 g/mol. The molecule has 1 aromatic rings. The van der Waals surface area contributed by atoms with Crippen LogP contribution in [0.15, 0.2) is 24.3 Å². The van der Waals surface area contributed by atoms with Crippen LogP contribution in [-0.4, -0.2) is 71.4 Å².